The van der Waals surface area contributed by atoms with Crippen molar-refractivity contribution < 1.29 is 4.52 Å². The molecule has 1 heterocycles. The molecule has 2 rings (SSSR count). The molecule has 1 aliphatic rings. The smallest absolute Gasteiger partial charge is 0.240 e. The third kappa shape index (κ3) is 1.80. The maximum absolute atomic E-state index is 5.42. The molecule has 2 atom stereocenters. The van der Waals surface area contributed by atoms with Gasteiger partial charge in [-0.2, -0.15) is 4.98 Å². The van der Waals surface area contributed by atoms with Gasteiger partial charge in [-0.15, -0.1) is 0 Å². The van der Waals surface area contributed by atoms with Crippen molar-refractivity contribution in [3.63, 3.8) is 0 Å². The monoisotopic (exact) mass is 195 g/mol. The lowest BCUT2D eigenvalue weighted by molar-refractivity contribution is 0.370. The Kier molecular flexibility index (Phi) is 2.82. The van der Waals surface area contributed by atoms with Crippen LogP contribution in [0, 0.1) is 5.92 Å². The number of hydrogen-bond acceptors (Lipinski definition) is 4. The zero-order chi connectivity index (χ0) is 9.97. The van der Waals surface area contributed by atoms with Crippen LogP contribution < -0.4 is 5.73 Å². The van der Waals surface area contributed by atoms with Gasteiger partial charge in [-0.05, 0) is 25.2 Å². The molecular weight excluding hydrogens is 178 g/mol. The molecule has 0 amide bonds. The van der Waals surface area contributed by atoms with Crippen LogP contribution >= 0.6 is 0 Å². The Morgan fingerprint density at radius 2 is 2.36 bits per heavy atom. The highest BCUT2D eigenvalue weighted by Crippen LogP contribution is 2.38. The van der Waals surface area contributed by atoms with Gasteiger partial charge in [0.1, 0.15) is 0 Å². The van der Waals surface area contributed by atoms with Crippen molar-refractivity contribution in [3.05, 3.63) is 11.7 Å². The number of rotatable bonds is 3. The Morgan fingerprint density at radius 3 is 2.93 bits per heavy atom. The van der Waals surface area contributed by atoms with E-state index in [-0.39, 0.29) is 0 Å². The average Bonchev–Trinajstić information content (AvgIpc) is 2.86. The van der Waals surface area contributed by atoms with Crippen molar-refractivity contribution in [2.45, 2.75) is 45.1 Å². The molecule has 1 aromatic rings. The summed E-state index contributed by atoms with van der Waals surface area (Å²) in [7, 11) is 0. The van der Waals surface area contributed by atoms with Gasteiger partial charge >= 0.3 is 0 Å². The summed E-state index contributed by atoms with van der Waals surface area (Å²) in [6.45, 7) is 2.59. The highest BCUT2D eigenvalue weighted by Gasteiger charge is 2.27. The minimum Gasteiger partial charge on any atom is -0.338 e. The van der Waals surface area contributed by atoms with Gasteiger partial charge in [0, 0.05) is 5.92 Å². The van der Waals surface area contributed by atoms with Gasteiger partial charge in [-0.25, -0.2) is 0 Å². The zero-order valence-corrected chi connectivity index (χ0v) is 8.57. The van der Waals surface area contributed by atoms with E-state index in [9.17, 15) is 0 Å². The predicted molar refractivity (Wildman–Crippen MR) is 52.6 cm³/mol. The van der Waals surface area contributed by atoms with Crippen LogP contribution in [0.3, 0.4) is 0 Å². The normalized spacial score (nSPS) is 27.0. The average molecular weight is 195 g/mol. The second-order valence-corrected chi connectivity index (χ2v) is 4.03. The van der Waals surface area contributed by atoms with Gasteiger partial charge in [0.25, 0.3) is 0 Å². The molecule has 0 aliphatic heterocycles. The van der Waals surface area contributed by atoms with Crippen LogP contribution in [0.1, 0.15) is 50.2 Å². The van der Waals surface area contributed by atoms with Crippen molar-refractivity contribution in [1.82, 2.24) is 10.1 Å². The fraction of sp³-hybridized carbons (Fsp3) is 0.800. The molecule has 1 saturated carbocycles. The van der Waals surface area contributed by atoms with E-state index in [1.807, 2.05) is 0 Å². The number of nitrogens with zero attached hydrogens (tertiary/aromatic N) is 2. The summed E-state index contributed by atoms with van der Waals surface area (Å²) >= 11 is 0. The third-order valence-electron chi connectivity index (χ3n) is 3.14. The van der Waals surface area contributed by atoms with Gasteiger partial charge in [0.2, 0.25) is 5.89 Å². The minimum absolute atomic E-state index is 0.344. The van der Waals surface area contributed by atoms with E-state index in [1.54, 1.807) is 0 Å². The molecule has 4 heteroatoms. The first kappa shape index (κ1) is 9.65. The molecule has 0 saturated heterocycles. The maximum atomic E-state index is 5.42. The molecule has 1 aliphatic carbocycles. The van der Waals surface area contributed by atoms with Crippen LogP contribution in [0.2, 0.25) is 0 Å². The SMILES string of the molecule is CCC1CCC(c2noc(CN)n2)C1. The lowest BCUT2D eigenvalue weighted by Crippen LogP contribution is -1.99. The molecule has 0 bridgehead atoms. The third-order valence-corrected chi connectivity index (χ3v) is 3.14. The fourth-order valence-corrected chi connectivity index (χ4v) is 2.20. The van der Waals surface area contributed by atoms with Gasteiger partial charge in [-0.3, -0.25) is 0 Å². The Labute approximate surface area is 83.9 Å². The van der Waals surface area contributed by atoms with E-state index in [0.717, 1.165) is 11.7 Å². The topological polar surface area (TPSA) is 64.9 Å². The van der Waals surface area contributed by atoms with Crippen molar-refractivity contribution >= 4 is 0 Å². The van der Waals surface area contributed by atoms with Crippen molar-refractivity contribution in [2.24, 2.45) is 11.7 Å². The summed E-state index contributed by atoms with van der Waals surface area (Å²) in [5, 5.41) is 3.97. The molecule has 2 N–H and O–H groups in total. The van der Waals surface area contributed by atoms with Gasteiger partial charge < -0.3 is 10.3 Å². The second-order valence-electron chi connectivity index (χ2n) is 4.03. The highest BCUT2D eigenvalue weighted by atomic mass is 16.5. The molecule has 0 aromatic carbocycles. The van der Waals surface area contributed by atoms with Crippen molar-refractivity contribution in [3.8, 4) is 0 Å². The summed E-state index contributed by atoms with van der Waals surface area (Å²) in [6.07, 6.45) is 4.97. The first-order valence-electron chi connectivity index (χ1n) is 5.36. The summed E-state index contributed by atoms with van der Waals surface area (Å²) < 4.78 is 5.01. The molecule has 2 unspecified atom stereocenters. The van der Waals surface area contributed by atoms with Crippen LogP contribution in [-0.2, 0) is 6.54 Å². The van der Waals surface area contributed by atoms with Crippen LogP contribution in [0.4, 0.5) is 0 Å². The van der Waals surface area contributed by atoms with Crippen LogP contribution in [0.5, 0.6) is 0 Å². The Bertz CT molecular complexity index is 297. The van der Waals surface area contributed by atoms with Gasteiger partial charge in [0.05, 0.1) is 6.54 Å². The number of aromatic nitrogens is 2. The standard InChI is InChI=1S/C10H17N3O/c1-2-7-3-4-8(5-7)10-12-9(6-11)14-13-10/h7-8H,2-6,11H2,1H3. The number of hydrogen-bond donors (Lipinski definition) is 1. The van der Waals surface area contributed by atoms with Crippen LogP contribution in [-0.4, -0.2) is 10.1 Å². The molecule has 14 heavy (non-hydrogen) atoms. The minimum atomic E-state index is 0.344. The quantitative estimate of drug-likeness (QED) is 0.799. The zero-order valence-electron chi connectivity index (χ0n) is 8.57. The van der Waals surface area contributed by atoms with Crippen LogP contribution in [0.15, 0.2) is 4.52 Å². The fourth-order valence-electron chi connectivity index (χ4n) is 2.20. The summed E-state index contributed by atoms with van der Waals surface area (Å²) in [6, 6.07) is 0. The first-order valence-corrected chi connectivity index (χ1v) is 5.36. The molecule has 78 valence electrons. The van der Waals surface area contributed by atoms with Gasteiger partial charge in [-0.1, -0.05) is 18.5 Å². The van der Waals surface area contributed by atoms with Crippen LogP contribution in [0.25, 0.3) is 0 Å². The van der Waals surface area contributed by atoms with E-state index in [1.165, 1.54) is 25.7 Å². The van der Waals surface area contributed by atoms with E-state index < -0.39 is 0 Å². The largest absolute Gasteiger partial charge is 0.338 e. The van der Waals surface area contributed by atoms with E-state index >= 15 is 0 Å². The summed E-state index contributed by atoms with van der Waals surface area (Å²) in [5.74, 6) is 2.77. The molecule has 1 fully saturated rings. The highest BCUT2D eigenvalue weighted by molar-refractivity contribution is 4.99. The molecule has 0 spiro atoms. The van der Waals surface area contributed by atoms with Crippen molar-refractivity contribution in [2.75, 3.05) is 0 Å². The maximum Gasteiger partial charge on any atom is 0.240 e. The molecule has 4 nitrogen and oxygen atoms in total. The lowest BCUT2D eigenvalue weighted by atomic mass is 10.0. The number of nitrogens with two attached hydrogens (primary N) is 1. The van der Waals surface area contributed by atoms with Gasteiger partial charge in [0.15, 0.2) is 5.82 Å². The van der Waals surface area contributed by atoms with E-state index in [2.05, 4.69) is 17.1 Å². The second kappa shape index (κ2) is 4.09. The lowest BCUT2D eigenvalue weighted by Gasteiger charge is -2.04. The van der Waals surface area contributed by atoms with E-state index in [0.29, 0.717) is 18.4 Å². The molecule has 1 aromatic heterocycles. The summed E-state index contributed by atoms with van der Waals surface area (Å²) in [5.41, 5.74) is 5.42. The van der Waals surface area contributed by atoms with Crippen molar-refractivity contribution in [1.29, 1.82) is 0 Å². The Morgan fingerprint density at radius 1 is 1.50 bits per heavy atom. The predicted octanol–water partition coefficient (Wildman–Crippen LogP) is 1.82. The Hall–Kier alpha value is -0.900. The first-order chi connectivity index (χ1) is 6.83. The molecular formula is C10H17N3O. The Balaban J connectivity index is 2.02. The summed E-state index contributed by atoms with van der Waals surface area (Å²) in [4.78, 5) is 4.28. The molecule has 0 radical (unpaired) electrons. The van der Waals surface area contributed by atoms with E-state index in [4.69, 9.17) is 10.3 Å².